The minimum Gasteiger partial charge on any atom is -0.477 e. The molecule has 49 heavy (non-hydrogen) atoms. The van der Waals surface area contributed by atoms with Gasteiger partial charge in [-0.25, -0.2) is 4.79 Å². The molecule has 0 aromatic rings. The second kappa shape index (κ2) is 32.5. The van der Waals surface area contributed by atoms with Crippen molar-refractivity contribution in [1.82, 2.24) is 0 Å². The van der Waals surface area contributed by atoms with Gasteiger partial charge < -0.3 is 23.8 Å². The van der Waals surface area contributed by atoms with E-state index in [0.717, 1.165) is 64.2 Å². The lowest BCUT2D eigenvalue weighted by Gasteiger charge is -2.31. The van der Waals surface area contributed by atoms with Gasteiger partial charge in [0, 0.05) is 19.3 Å². The van der Waals surface area contributed by atoms with Gasteiger partial charge in [0.15, 0.2) is 12.1 Å². The first-order valence-electron chi connectivity index (χ1n) is 19.2. The average Bonchev–Trinajstić information content (AvgIpc) is 3.05. The van der Waals surface area contributed by atoms with Crippen LogP contribution in [-0.4, -0.2) is 80.6 Å². The number of carbonyl (C=O) groups is 3. The monoisotopic (exact) mass is 691 g/mol. The number of nitrogens with zero attached hydrogens (tertiary/aromatic N) is 1. The number of allylic oxidation sites excluding steroid dienone is 8. The van der Waals surface area contributed by atoms with Crippen LogP contribution in [0.1, 0.15) is 142 Å². The first kappa shape index (κ1) is 46.3. The van der Waals surface area contributed by atoms with E-state index in [1.165, 1.54) is 44.9 Å². The van der Waals surface area contributed by atoms with Crippen LogP contribution in [0, 0.1) is 0 Å². The summed E-state index contributed by atoms with van der Waals surface area (Å²) in [6.45, 7) is 4.61. The van der Waals surface area contributed by atoms with Crippen LogP contribution >= 0.6 is 0 Å². The topological polar surface area (TPSA) is 99.1 Å². The molecule has 0 spiro atoms. The first-order chi connectivity index (χ1) is 23.6. The number of quaternary nitrogens is 1. The van der Waals surface area contributed by atoms with E-state index in [2.05, 4.69) is 56.4 Å². The van der Waals surface area contributed by atoms with Crippen LogP contribution in [0.2, 0.25) is 0 Å². The molecule has 0 saturated carbocycles. The summed E-state index contributed by atoms with van der Waals surface area (Å²) in [5, 5.41) is 9.56. The number of likely N-dealkylation sites (N-methyl/N-ethyl adjacent to an activating group) is 1. The van der Waals surface area contributed by atoms with Gasteiger partial charge in [0.1, 0.15) is 6.61 Å². The number of unbranched alkanes of at least 4 members (excludes halogenated alkanes) is 14. The van der Waals surface area contributed by atoms with Crippen molar-refractivity contribution >= 4 is 17.9 Å². The molecule has 0 aliphatic rings. The van der Waals surface area contributed by atoms with E-state index in [1.54, 1.807) is 0 Å². The minimum atomic E-state index is -0.882. The van der Waals surface area contributed by atoms with Gasteiger partial charge in [-0.15, -0.1) is 0 Å². The molecule has 0 aliphatic carbocycles. The average molecular weight is 691 g/mol. The van der Waals surface area contributed by atoms with Crippen molar-refractivity contribution in [2.45, 2.75) is 154 Å². The Labute approximate surface area is 299 Å². The van der Waals surface area contributed by atoms with Crippen molar-refractivity contribution in [3.8, 4) is 0 Å². The van der Waals surface area contributed by atoms with Gasteiger partial charge in [-0.05, 0) is 38.5 Å². The summed E-state index contributed by atoms with van der Waals surface area (Å²) in [5.74, 6) is -1.51. The molecular weight excluding hydrogens is 618 g/mol. The number of hydrogen-bond donors (Lipinski definition) is 1. The molecule has 0 radical (unpaired) electrons. The fourth-order valence-corrected chi connectivity index (χ4v) is 5.28. The number of carboxylic acid groups (broad SMARTS) is 1. The molecule has 0 amide bonds. The zero-order valence-electron chi connectivity index (χ0n) is 31.9. The SMILES string of the molecule is CCCCC/C=C/C=C/C=C/C=C/CCCCCCCC(=O)OC(COCCC(C(=O)O)[N+](C)(C)C)COC(=O)CCCCCCCCC. The summed E-state index contributed by atoms with van der Waals surface area (Å²) in [7, 11) is 5.50. The van der Waals surface area contributed by atoms with E-state index >= 15 is 0 Å². The molecule has 0 fully saturated rings. The Morgan fingerprint density at radius 1 is 0.612 bits per heavy atom. The predicted molar refractivity (Wildman–Crippen MR) is 201 cm³/mol. The maximum absolute atomic E-state index is 12.6. The molecule has 0 rings (SSSR count). The maximum atomic E-state index is 12.6. The van der Waals surface area contributed by atoms with Crippen LogP contribution in [0.4, 0.5) is 0 Å². The molecule has 8 heteroatoms. The van der Waals surface area contributed by atoms with Crippen molar-refractivity contribution in [2.75, 3.05) is 41.0 Å². The Bertz CT molecular complexity index is 948. The van der Waals surface area contributed by atoms with E-state index in [1.807, 2.05) is 27.2 Å². The van der Waals surface area contributed by atoms with Crippen molar-refractivity contribution in [2.24, 2.45) is 0 Å². The molecular formula is C41H72NO7+. The van der Waals surface area contributed by atoms with Crippen molar-refractivity contribution in [3.63, 3.8) is 0 Å². The van der Waals surface area contributed by atoms with Gasteiger partial charge in [0.2, 0.25) is 0 Å². The lowest BCUT2D eigenvalue weighted by Crippen LogP contribution is -2.50. The number of aliphatic carboxylic acids is 1. The van der Waals surface area contributed by atoms with Gasteiger partial charge in [-0.1, -0.05) is 133 Å². The highest BCUT2D eigenvalue weighted by Gasteiger charge is 2.31. The van der Waals surface area contributed by atoms with Crippen LogP contribution in [-0.2, 0) is 28.6 Å². The normalized spacial score (nSPS) is 13.6. The minimum absolute atomic E-state index is 0.0507. The quantitative estimate of drug-likeness (QED) is 0.0317. The van der Waals surface area contributed by atoms with Crippen LogP contribution < -0.4 is 0 Å². The number of rotatable bonds is 33. The predicted octanol–water partition coefficient (Wildman–Crippen LogP) is 9.68. The Hall–Kier alpha value is -2.71. The summed E-state index contributed by atoms with van der Waals surface area (Å²) in [6.07, 6.45) is 35.9. The van der Waals surface area contributed by atoms with Crippen molar-refractivity contribution in [1.29, 1.82) is 0 Å². The summed E-state index contributed by atoms with van der Waals surface area (Å²) >= 11 is 0. The third kappa shape index (κ3) is 31.0. The third-order valence-corrected chi connectivity index (χ3v) is 8.33. The molecule has 282 valence electrons. The molecule has 0 heterocycles. The molecule has 0 bridgehead atoms. The highest BCUT2D eigenvalue weighted by molar-refractivity contribution is 5.72. The van der Waals surface area contributed by atoms with Crippen LogP contribution in [0.25, 0.3) is 0 Å². The first-order valence-corrected chi connectivity index (χ1v) is 19.2. The van der Waals surface area contributed by atoms with Crippen molar-refractivity contribution < 1.29 is 38.2 Å². The van der Waals surface area contributed by atoms with Crippen LogP contribution in [0.3, 0.4) is 0 Å². The van der Waals surface area contributed by atoms with Crippen LogP contribution in [0.15, 0.2) is 48.6 Å². The Morgan fingerprint density at radius 3 is 1.63 bits per heavy atom. The Morgan fingerprint density at radius 2 is 1.08 bits per heavy atom. The second-order valence-corrected chi connectivity index (χ2v) is 13.9. The van der Waals surface area contributed by atoms with Gasteiger partial charge >= 0.3 is 17.9 Å². The second-order valence-electron chi connectivity index (χ2n) is 13.9. The number of hydrogen-bond acceptors (Lipinski definition) is 6. The highest BCUT2D eigenvalue weighted by Crippen LogP contribution is 2.12. The smallest absolute Gasteiger partial charge is 0.362 e. The number of carboxylic acids is 1. The van der Waals surface area contributed by atoms with E-state index in [-0.39, 0.29) is 36.2 Å². The lowest BCUT2D eigenvalue weighted by atomic mass is 10.1. The molecule has 0 aliphatic heterocycles. The van der Waals surface area contributed by atoms with Gasteiger partial charge in [-0.2, -0.15) is 0 Å². The highest BCUT2D eigenvalue weighted by atomic mass is 16.6. The van der Waals surface area contributed by atoms with E-state index in [0.29, 0.717) is 19.3 Å². The Balaban J connectivity index is 4.42. The third-order valence-electron chi connectivity index (χ3n) is 8.33. The molecule has 0 aromatic heterocycles. The molecule has 2 atom stereocenters. The van der Waals surface area contributed by atoms with Crippen LogP contribution in [0.5, 0.6) is 0 Å². The standard InChI is InChI=1S/C41H71NO7/c1-6-8-10-12-14-15-16-17-18-19-20-21-22-23-24-26-28-30-32-40(44)49-37(35-47-34-33-38(41(45)46)42(3,4)5)36-48-39(43)31-29-27-25-13-11-9-7-2/h14-21,37-38H,6-13,22-36H2,1-5H3/p+1/b15-14+,17-16+,19-18+,21-20+. The molecule has 8 nitrogen and oxygen atoms in total. The number of carbonyl (C=O) groups excluding carboxylic acids is 2. The fourth-order valence-electron chi connectivity index (χ4n) is 5.28. The molecule has 0 aromatic carbocycles. The summed E-state index contributed by atoms with van der Waals surface area (Å²) in [4.78, 5) is 36.6. The van der Waals surface area contributed by atoms with Crippen molar-refractivity contribution in [3.05, 3.63) is 48.6 Å². The van der Waals surface area contributed by atoms with Gasteiger partial charge in [0.25, 0.3) is 0 Å². The summed E-state index contributed by atoms with van der Waals surface area (Å²) < 4.78 is 17.1. The van der Waals surface area contributed by atoms with Gasteiger partial charge in [-0.3, -0.25) is 9.59 Å². The molecule has 2 unspecified atom stereocenters. The summed E-state index contributed by atoms with van der Waals surface area (Å²) in [6, 6.07) is -0.617. The Kier molecular flexibility index (Phi) is 30.7. The van der Waals surface area contributed by atoms with Gasteiger partial charge in [0.05, 0.1) is 34.4 Å². The van der Waals surface area contributed by atoms with E-state index in [9.17, 15) is 19.5 Å². The zero-order chi connectivity index (χ0) is 36.4. The zero-order valence-corrected chi connectivity index (χ0v) is 31.9. The molecule has 1 N–H and O–H groups in total. The fraction of sp³-hybridized carbons (Fsp3) is 0.732. The van der Waals surface area contributed by atoms with E-state index in [4.69, 9.17) is 14.2 Å². The van der Waals surface area contributed by atoms with E-state index < -0.39 is 18.1 Å². The molecule has 0 saturated heterocycles. The largest absolute Gasteiger partial charge is 0.477 e. The number of esters is 2. The number of ether oxygens (including phenoxy) is 3. The lowest BCUT2D eigenvalue weighted by molar-refractivity contribution is -0.887. The summed E-state index contributed by atoms with van der Waals surface area (Å²) in [5.41, 5.74) is 0. The maximum Gasteiger partial charge on any atom is 0.362 e.